The number of imidazole rings is 1. The van der Waals surface area contributed by atoms with Gasteiger partial charge in [-0.15, -0.1) is 0 Å². The molecule has 2 aromatic carbocycles. The number of hydrogen-bond donors (Lipinski definition) is 2. The van der Waals surface area contributed by atoms with E-state index < -0.39 is 4.92 Å². The molecule has 0 spiro atoms. The minimum absolute atomic E-state index is 0.0261. The Balaban J connectivity index is 1.77. The maximum atomic E-state index is 12.2. The molecule has 0 saturated carbocycles. The van der Waals surface area contributed by atoms with Crippen molar-refractivity contribution in [2.45, 2.75) is 6.54 Å². The van der Waals surface area contributed by atoms with E-state index in [9.17, 15) is 14.9 Å². The van der Waals surface area contributed by atoms with Crippen molar-refractivity contribution in [2.75, 3.05) is 5.32 Å². The van der Waals surface area contributed by atoms with Crippen LogP contribution >= 0.6 is 12.2 Å². The van der Waals surface area contributed by atoms with Crippen molar-refractivity contribution in [2.24, 2.45) is 0 Å². The molecule has 8 heteroatoms. The monoisotopic (exact) mass is 328 g/mol. The Morgan fingerprint density at radius 2 is 1.91 bits per heavy atom. The van der Waals surface area contributed by atoms with Crippen LogP contribution in [0, 0.1) is 14.9 Å². The van der Waals surface area contributed by atoms with Gasteiger partial charge in [-0.2, -0.15) is 0 Å². The lowest BCUT2D eigenvalue weighted by Crippen LogP contribution is -2.18. The Hall–Kier alpha value is -3.00. The maximum Gasteiger partial charge on any atom is 0.269 e. The number of aromatic amines is 1. The van der Waals surface area contributed by atoms with Crippen LogP contribution in [0.5, 0.6) is 0 Å². The number of benzene rings is 2. The predicted octanol–water partition coefficient (Wildman–Crippen LogP) is 3.25. The fraction of sp³-hybridized carbons (Fsp3) is 0.0667. The van der Waals surface area contributed by atoms with Crippen LogP contribution in [-0.2, 0) is 11.3 Å². The van der Waals surface area contributed by atoms with Crippen molar-refractivity contribution in [3.8, 4) is 0 Å². The highest BCUT2D eigenvalue weighted by atomic mass is 32.1. The first-order valence-corrected chi connectivity index (χ1v) is 7.17. The number of carbonyl (C=O) groups excluding carboxylic acids is 1. The zero-order valence-corrected chi connectivity index (χ0v) is 12.7. The number of H-pyrrole nitrogens is 1. The first-order chi connectivity index (χ1) is 11.0. The highest BCUT2D eigenvalue weighted by Gasteiger charge is 2.10. The number of aromatic nitrogens is 2. The quantitative estimate of drug-likeness (QED) is 0.437. The fourth-order valence-electron chi connectivity index (χ4n) is 2.27. The summed E-state index contributed by atoms with van der Waals surface area (Å²) in [7, 11) is 0. The van der Waals surface area contributed by atoms with E-state index in [1.165, 1.54) is 24.3 Å². The van der Waals surface area contributed by atoms with E-state index in [0.29, 0.717) is 10.5 Å². The number of non-ortho nitro benzene ring substituents is 1. The Morgan fingerprint density at radius 1 is 1.22 bits per heavy atom. The third kappa shape index (κ3) is 3.11. The second kappa shape index (κ2) is 6.01. The van der Waals surface area contributed by atoms with Crippen molar-refractivity contribution in [3.05, 3.63) is 63.4 Å². The van der Waals surface area contributed by atoms with Gasteiger partial charge in [-0.3, -0.25) is 14.9 Å². The average Bonchev–Trinajstić information content (AvgIpc) is 2.84. The fourth-order valence-corrected chi connectivity index (χ4v) is 2.55. The molecule has 0 bridgehead atoms. The largest absolute Gasteiger partial charge is 0.331 e. The Morgan fingerprint density at radius 3 is 2.61 bits per heavy atom. The number of amides is 1. The van der Waals surface area contributed by atoms with Crippen LogP contribution in [0.25, 0.3) is 11.0 Å². The zero-order chi connectivity index (χ0) is 16.4. The number of para-hydroxylation sites is 2. The molecule has 1 heterocycles. The lowest BCUT2D eigenvalue weighted by atomic mass is 10.3. The number of fused-ring (bicyclic) bond motifs is 1. The van der Waals surface area contributed by atoms with E-state index in [1.54, 1.807) is 4.57 Å². The molecule has 1 aromatic heterocycles. The van der Waals surface area contributed by atoms with Crippen LogP contribution in [0.3, 0.4) is 0 Å². The second-order valence-corrected chi connectivity index (χ2v) is 5.27. The number of nitro benzene ring substituents is 1. The van der Waals surface area contributed by atoms with Crippen LogP contribution in [-0.4, -0.2) is 20.4 Å². The zero-order valence-electron chi connectivity index (χ0n) is 11.9. The van der Waals surface area contributed by atoms with Crippen LogP contribution in [0.1, 0.15) is 0 Å². The molecule has 116 valence electrons. The summed E-state index contributed by atoms with van der Waals surface area (Å²) in [5.41, 5.74) is 2.17. The van der Waals surface area contributed by atoms with E-state index in [-0.39, 0.29) is 18.1 Å². The number of anilines is 1. The molecule has 3 aromatic rings. The Kier molecular flexibility index (Phi) is 3.90. The van der Waals surface area contributed by atoms with Crippen LogP contribution < -0.4 is 5.32 Å². The normalized spacial score (nSPS) is 10.6. The number of nitrogens with one attached hydrogen (secondary N) is 2. The molecule has 2 N–H and O–H groups in total. The van der Waals surface area contributed by atoms with Gasteiger partial charge in [0.05, 0.1) is 16.0 Å². The van der Waals surface area contributed by atoms with Crippen molar-refractivity contribution in [1.29, 1.82) is 0 Å². The topological polar surface area (TPSA) is 93.0 Å². The first kappa shape index (κ1) is 14.9. The van der Waals surface area contributed by atoms with Gasteiger partial charge in [0.15, 0.2) is 4.77 Å². The van der Waals surface area contributed by atoms with Crippen molar-refractivity contribution in [3.63, 3.8) is 0 Å². The van der Waals surface area contributed by atoms with Gasteiger partial charge < -0.3 is 14.9 Å². The second-order valence-electron chi connectivity index (χ2n) is 4.89. The minimum Gasteiger partial charge on any atom is -0.331 e. The molecule has 0 aliphatic carbocycles. The molecular weight excluding hydrogens is 316 g/mol. The average molecular weight is 328 g/mol. The number of rotatable bonds is 4. The molecule has 1 amide bonds. The van der Waals surface area contributed by atoms with Gasteiger partial charge in [0.1, 0.15) is 6.54 Å². The van der Waals surface area contributed by atoms with Gasteiger partial charge in [0, 0.05) is 17.8 Å². The molecule has 0 fully saturated rings. The third-order valence-corrected chi connectivity index (χ3v) is 3.67. The summed E-state index contributed by atoms with van der Waals surface area (Å²) < 4.78 is 2.16. The summed E-state index contributed by atoms with van der Waals surface area (Å²) in [6, 6.07) is 13.2. The molecule has 23 heavy (non-hydrogen) atoms. The SMILES string of the molecule is O=C(Cn1c(=S)[nH]c2ccccc21)Nc1ccc([N+](=O)[O-])cc1. The van der Waals surface area contributed by atoms with E-state index in [2.05, 4.69) is 10.3 Å². The summed E-state index contributed by atoms with van der Waals surface area (Å²) >= 11 is 5.23. The van der Waals surface area contributed by atoms with E-state index in [1.807, 2.05) is 24.3 Å². The number of nitro groups is 1. The van der Waals surface area contributed by atoms with Crippen molar-refractivity contribution in [1.82, 2.24) is 9.55 Å². The maximum absolute atomic E-state index is 12.2. The molecule has 0 saturated heterocycles. The summed E-state index contributed by atoms with van der Waals surface area (Å²) in [5.74, 6) is -0.264. The van der Waals surface area contributed by atoms with E-state index in [0.717, 1.165) is 11.0 Å². The van der Waals surface area contributed by atoms with E-state index in [4.69, 9.17) is 12.2 Å². The van der Waals surface area contributed by atoms with Gasteiger partial charge >= 0.3 is 0 Å². The van der Waals surface area contributed by atoms with Crippen molar-refractivity contribution >= 4 is 40.5 Å². The highest BCUT2D eigenvalue weighted by Crippen LogP contribution is 2.16. The van der Waals surface area contributed by atoms with Gasteiger partial charge in [-0.25, -0.2) is 0 Å². The highest BCUT2D eigenvalue weighted by molar-refractivity contribution is 7.71. The first-order valence-electron chi connectivity index (χ1n) is 6.76. The molecular formula is C15H12N4O3S. The number of nitrogens with zero attached hydrogens (tertiary/aromatic N) is 2. The van der Waals surface area contributed by atoms with Gasteiger partial charge in [-0.1, -0.05) is 12.1 Å². The Bertz CT molecular complexity index is 943. The number of carbonyl (C=O) groups is 1. The molecule has 7 nitrogen and oxygen atoms in total. The van der Waals surface area contributed by atoms with Crippen LogP contribution in [0.15, 0.2) is 48.5 Å². The molecule has 0 aliphatic heterocycles. The summed E-state index contributed by atoms with van der Waals surface area (Å²) in [6.45, 7) is 0.0554. The Labute approximate surface area is 135 Å². The van der Waals surface area contributed by atoms with E-state index >= 15 is 0 Å². The lowest BCUT2D eigenvalue weighted by Gasteiger charge is -2.06. The van der Waals surface area contributed by atoms with Gasteiger partial charge in [0.2, 0.25) is 5.91 Å². The standard InChI is InChI=1S/C15H12N4O3S/c20-14(16-10-5-7-11(8-6-10)19(21)22)9-18-13-4-2-1-3-12(13)17-15(18)23/h1-8H,9H2,(H,16,20)(H,17,23). The molecule has 3 rings (SSSR count). The number of hydrogen-bond acceptors (Lipinski definition) is 4. The van der Waals surface area contributed by atoms with Gasteiger partial charge in [-0.05, 0) is 36.5 Å². The molecule has 0 aliphatic rings. The molecule has 0 unspecified atom stereocenters. The summed E-state index contributed by atoms with van der Waals surface area (Å²) in [6.07, 6.45) is 0. The van der Waals surface area contributed by atoms with Gasteiger partial charge in [0.25, 0.3) is 5.69 Å². The molecule has 0 atom stereocenters. The minimum atomic E-state index is -0.489. The van der Waals surface area contributed by atoms with Crippen LogP contribution in [0.2, 0.25) is 0 Å². The summed E-state index contributed by atoms with van der Waals surface area (Å²) in [4.78, 5) is 25.3. The lowest BCUT2D eigenvalue weighted by molar-refractivity contribution is -0.384. The third-order valence-electron chi connectivity index (χ3n) is 3.35. The van der Waals surface area contributed by atoms with Crippen molar-refractivity contribution < 1.29 is 9.72 Å². The summed E-state index contributed by atoms with van der Waals surface area (Å²) in [5, 5.41) is 13.3. The smallest absolute Gasteiger partial charge is 0.269 e. The van der Waals surface area contributed by atoms with Crippen LogP contribution in [0.4, 0.5) is 11.4 Å². The molecule has 0 radical (unpaired) electrons. The predicted molar refractivity (Wildman–Crippen MR) is 88.8 cm³/mol.